The summed E-state index contributed by atoms with van der Waals surface area (Å²) in [4.78, 5) is 0. The Morgan fingerprint density at radius 3 is 2.45 bits per heavy atom. The lowest BCUT2D eigenvalue weighted by Gasteiger charge is -2.11. The van der Waals surface area contributed by atoms with Crippen molar-refractivity contribution in [1.82, 2.24) is 0 Å². The first-order valence-corrected chi connectivity index (χ1v) is 7.32. The second kappa shape index (κ2) is 6.11. The first kappa shape index (κ1) is 15.3. The SMILES string of the molecule is N=C(N)c1ccc(Oc2ccc(Cl)cc2Br)c(F)c1Br. The molecule has 2 aromatic rings. The number of nitrogen functional groups attached to an aromatic ring is 1. The van der Waals surface area contributed by atoms with Gasteiger partial charge in [0.05, 0.1) is 8.95 Å². The van der Waals surface area contributed by atoms with E-state index < -0.39 is 5.82 Å². The van der Waals surface area contributed by atoms with Gasteiger partial charge in [-0.1, -0.05) is 11.6 Å². The van der Waals surface area contributed by atoms with Gasteiger partial charge in [0.15, 0.2) is 11.6 Å². The van der Waals surface area contributed by atoms with Gasteiger partial charge >= 0.3 is 0 Å². The van der Waals surface area contributed by atoms with Gasteiger partial charge in [-0.2, -0.15) is 0 Å². The standard InChI is InChI=1S/C13H8Br2ClFN2O/c14-8-5-6(16)1-3-9(8)20-10-4-2-7(13(18)19)11(15)12(10)17/h1-5H,(H3,18,19). The van der Waals surface area contributed by atoms with E-state index >= 15 is 0 Å². The summed E-state index contributed by atoms with van der Waals surface area (Å²) in [6.45, 7) is 0. The zero-order valence-corrected chi connectivity index (χ0v) is 13.8. The highest BCUT2D eigenvalue weighted by atomic mass is 79.9. The van der Waals surface area contributed by atoms with Gasteiger partial charge in [-0.05, 0) is 62.2 Å². The van der Waals surface area contributed by atoms with Crippen molar-refractivity contribution in [2.45, 2.75) is 0 Å². The number of nitrogens with one attached hydrogen (secondary N) is 1. The summed E-state index contributed by atoms with van der Waals surface area (Å²) in [6.07, 6.45) is 0. The fourth-order valence-corrected chi connectivity index (χ4v) is 2.80. The molecule has 7 heteroatoms. The molecule has 0 bridgehead atoms. The molecular weight excluding hydrogens is 414 g/mol. The summed E-state index contributed by atoms with van der Waals surface area (Å²) in [6, 6.07) is 7.83. The van der Waals surface area contributed by atoms with Crippen LogP contribution in [-0.4, -0.2) is 5.84 Å². The third-order valence-corrected chi connectivity index (χ3v) is 4.08. The molecule has 0 aromatic heterocycles. The van der Waals surface area contributed by atoms with E-state index in [1.54, 1.807) is 18.2 Å². The molecule has 0 aliphatic rings. The number of benzene rings is 2. The fourth-order valence-electron chi connectivity index (χ4n) is 1.50. The number of ether oxygens (including phenoxy) is 1. The van der Waals surface area contributed by atoms with Crippen LogP contribution >= 0.6 is 43.5 Å². The van der Waals surface area contributed by atoms with Gasteiger partial charge in [0.25, 0.3) is 0 Å². The van der Waals surface area contributed by atoms with E-state index in [0.717, 1.165) is 0 Å². The minimum absolute atomic E-state index is 0.0184. The van der Waals surface area contributed by atoms with Crippen LogP contribution in [0.15, 0.2) is 39.3 Å². The molecule has 2 aromatic carbocycles. The van der Waals surface area contributed by atoms with Crippen LogP contribution in [0.1, 0.15) is 5.56 Å². The van der Waals surface area contributed by atoms with Crippen molar-refractivity contribution in [2.75, 3.05) is 0 Å². The maximum absolute atomic E-state index is 14.2. The van der Waals surface area contributed by atoms with Crippen molar-refractivity contribution in [3.63, 3.8) is 0 Å². The van der Waals surface area contributed by atoms with Crippen LogP contribution < -0.4 is 10.5 Å². The van der Waals surface area contributed by atoms with Crippen molar-refractivity contribution in [3.05, 3.63) is 55.7 Å². The number of nitrogens with two attached hydrogens (primary N) is 1. The van der Waals surface area contributed by atoms with E-state index in [2.05, 4.69) is 31.9 Å². The predicted octanol–water partition coefficient (Wildman–Crippen LogP) is 5.08. The van der Waals surface area contributed by atoms with E-state index in [0.29, 0.717) is 15.2 Å². The van der Waals surface area contributed by atoms with E-state index in [9.17, 15) is 4.39 Å². The van der Waals surface area contributed by atoms with Crippen LogP contribution in [-0.2, 0) is 0 Å². The molecule has 104 valence electrons. The maximum atomic E-state index is 14.2. The zero-order chi connectivity index (χ0) is 14.9. The van der Waals surface area contributed by atoms with E-state index in [1.807, 2.05) is 0 Å². The molecule has 3 N–H and O–H groups in total. The lowest BCUT2D eigenvalue weighted by Crippen LogP contribution is -2.12. The molecule has 0 atom stereocenters. The number of hydrogen-bond acceptors (Lipinski definition) is 2. The molecule has 0 heterocycles. The maximum Gasteiger partial charge on any atom is 0.180 e. The monoisotopic (exact) mass is 420 g/mol. The average Bonchev–Trinajstić information content (AvgIpc) is 2.37. The minimum Gasteiger partial charge on any atom is -0.453 e. The Hall–Kier alpha value is -1.11. The van der Waals surface area contributed by atoms with E-state index in [4.69, 9.17) is 27.5 Å². The second-order valence-electron chi connectivity index (χ2n) is 3.83. The molecular formula is C13H8Br2ClFN2O. The number of amidine groups is 1. The van der Waals surface area contributed by atoms with Gasteiger partial charge in [-0.25, -0.2) is 4.39 Å². The van der Waals surface area contributed by atoms with Gasteiger partial charge in [0, 0.05) is 10.6 Å². The third kappa shape index (κ3) is 3.13. The van der Waals surface area contributed by atoms with Crippen LogP contribution in [0.5, 0.6) is 11.5 Å². The summed E-state index contributed by atoms with van der Waals surface area (Å²) in [5, 5.41) is 7.88. The first-order valence-electron chi connectivity index (χ1n) is 5.35. The van der Waals surface area contributed by atoms with Crippen molar-refractivity contribution in [3.8, 4) is 11.5 Å². The van der Waals surface area contributed by atoms with Gasteiger partial charge in [0.2, 0.25) is 0 Å². The average molecular weight is 422 g/mol. The molecule has 3 nitrogen and oxygen atoms in total. The van der Waals surface area contributed by atoms with Crippen LogP contribution in [0.3, 0.4) is 0 Å². The van der Waals surface area contributed by atoms with Crippen LogP contribution in [0.25, 0.3) is 0 Å². The third-order valence-electron chi connectivity index (χ3n) is 2.45. The Labute approximate surface area is 136 Å². The minimum atomic E-state index is -0.625. The fraction of sp³-hybridized carbons (Fsp3) is 0. The van der Waals surface area contributed by atoms with Gasteiger partial charge in [0.1, 0.15) is 11.6 Å². The number of rotatable bonds is 3. The highest BCUT2D eigenvalue weighted by molar-refractivity contribution is 9.10. The van der Waals surface area contributed by atoms with Gasteiger partial charge in [-0.3, -0.25) is 5.41 Å². The highest BCUT2D eigenvalue weighted by Gasteiger charge is 2.15. The number of halogens is 4. The molecule has 0 radical (unpaired) electrons. The molecule has 0 fully saturated rings. The van der Waals surface area contributed by atoms with Crippen molar-refractivity contribution < 1.29 is 9.13 Å². The van der Waals surface area contributed by atoms with Gasteiger partial charge < -0.3 is 10.5 Å². The summed E-state index contributed by atoms with van der Waals surface area (Å²) < 4.78 is 20.3. The van der Waals surface area contributed by atoms with Crippen LogP contribution in [0, 0.1) is 11.2 Å². The topological polar surface area (TPSA) is 59.1 Å². The number of hydrogen-bond donors (Lipinski definition) is 2. The Bertz CT molecular complexity index is 694. The highest BCUT2D eigenvalue weighted by Crippen LogP contribution is 2.35. The summed E-state index contributed by atoms with van der Waals surface area (Å²) >= 11 is 12.2. The van der Waals surface area contributed by atoms with Crippen molar-refractivity contribution in [1.29, 1.82) is 5.41 Å². The lowest BCUT2D eigenvalue weighted by atomic mass is 10.2. The summed E-state index contributed by atoms with van der Waals surface area (Å²) in [5.41, 5.74) is 5.62. The van der Waals surface area contributed by atoms with Crippen LogP contribution in [0.2, 0.25) is 5.02 Å². The molecule has 2 rings (SSSR count). The predicted molar refractivity (Wildman–Crippen MR) is 84.3 cm³/mol. The first-order chi connectivity index (χ1) is 9.40. The zero-order valence-electron chi connectivity index (χ0n) is 9.88. The van der Waals surface area contributed by atoms with Crippen LogP contribution in [0.4, 0.5) is 4.39 Å². The summed E-state index contributed by atoms with van der Waals surface area (Å²) in [7, 11) is 0. The Morgan fingerprint density at radius 2 is 1.85 bits per heavy atom. The Kier molecular flexibility index (Phi) is 4.67. The Balaban J connectivity index is 2.39. The summed E-state index contributed by atoms with van der Waals surface area (Å²) in [5.74, 6) is -0.407. The molecule has 0 aliphatic carbocycles. The molecule has 0 aliphatic heterocycles. The molecule has 0 spiro atoms. The lowest BCUT2D eigenvalue weighted by molar-refractivity contribution is 0.438. The van der Waals surface area contributed by atoms with Gasteiger partial charge in [-0.15, -0.1) is 0 Å². The molecule has 0 saturated heterocycles. The second-order valence-corrected chi connectivity index (χ2v) is 5.91. The molecule has 0 saturated carbocycles. The smallest absolute Gasteiger partial charge is 0.180 e. The van der Waals surface area contributed by atoms with E-state index in [1.165, 1.54) is 12.1 Å². The normalized spacial score (nSPS) is 10.4. The molecule has 0 unspecified atom stereocenters. The quantitative estimate of drug-likeness (QED) is 0.535. The van der Waals surface area contributed by atoms with Crippen molar-refractivity contribution >= 4 is 49.3 Å². The molecule has 0 amide bonds. The van der Waals surface area contributed by atoms with Crippen molar-refractivity contribution in [2.24, 2.45) is 5.73 Å². The molecule has 20 heavy (non-hydrogen) atoms. The van der Waals surface area contributed by atoms with E-state index in [-0.39, 0.29) is 21.6 Å². The Morgan fingerprint density at radius 1 is 1.20 bits per heavy atom. The largest absolute Gasteiger partial charge is 0.453 e.